The zero-order valence-electron chi connectivity index (χ0n) is 13.0. The second kappa shape index (κ2) is 9.68. The van der Waals surface area contributed by atoms with Gasteiger partial charge in [-0.3, -0.25) is 0 Å². The summed E-state index contributed by atoms with van der Waals surface area (Å²) in [5.41, 5.74) is 2.28. The molecule has 1 atom stereocenters. The van der Waals surface area contributed by atoms with Crippen molar-refractivity contribution in [1.82, 2.24) is 5.32 Å². The minimum Gasteiger partial charge on any atom is -0.497 e. The van der Waals surface area contributed by atoms with Crippen LogP contribution in [0.3, 0.4) is 0 Å². The predicted molar refractivity (Wildman–Crippen MR) is 80.2 cm³/mol. The van der Waals surface area contributed by atoms with Gasteiger partial charge in [0, 0.05) is 12.6 Å². The second-order valence-electron chi connectivity index (χ2n) is 4.98. The molecule has 0 radical (unpaired) electrons. The van der Waals surface area contributed by atoms with Crippen LogP contribution in [0.15, 0.2) is 18.2 Å². The number of ether oxygens (including phenoxy) is 2. The van der Waals surface area contributed by atoms with Crippen molar-refractivity contribution in [3.05, 3.63) is 29.3 Å². The van der Waals surface area contributed by atoms with Crippen LogP contribution in [0, 0.1) is 6.92 Å². The zero-order valence-corrected chi connectivity index (χ0v) is 13.0. The zero-order chi connectivity index (χ0) is 15.7. The van der Waals surface area contributed by atoms with E-state index in [1.54, 1.807) is 7.11 Å². The van der Waals surface area contributed by atoms with Crippen molar-refractivity contribution >= 4 is 0 Å². The number of nitrogens with one attached hydrogen (secondary N) is 1. The van der Waals surface area contributed by atoms with Crippen LogP contribution in [0.2, 0.25) is 0 Å². The highest BCUT2D eigenvalue weighted by atomic mass is 19.3. The van der Waals surface area contributed by atoms with Crippen molar-refractivity contribution in [2.45, 2.75) is 39.2 Å². The van der Waals surface area contributed by atoms with E-state index in [4.69, 9.17) is 9.47 Å². The standard InChI is InChI=1S/C16H25F2NO2/c1-4-8-19-15(7-9-21-11-16(17)18)14-6-5-13(20-3)10-12(14)2/h5-6,10,15-16,19H,4,7-9,11H2,1-3H3. The number of benzene rings is 1. The second-order valence-corrected chi connectivity index (χ2v) is 4.98. The van der Waals surface area contributed by atoms with Crippen LogP contribution in [-0.4, -0.2) is 33.3 Å². The predicted octanol–water partition coefficient (Wildman–Crippen LogP) is 3.72. The monoisotopic (exact) mass is 301 g/mol. The summed E-state index contributed by atoms with van der Waals surface area (Å²) in [5, 5.41) is 3.44. The van der Waals surface area contributed by atoms with Gasteiger partial charge in [-0.2, -0.15) is 0 Å². The number of hydrogen-bond donors (Lipinski definition) is 1. The summed E-state index contributed by atoms with van der Waals surface area (Å²) in [6.45, 7) is 4.82. The van der Waals surface area contributed by atoms with Gasteiger partial charge >= 0.3 is 0 Å². The third-order valence-electron chi connectivity index (χ3n) is 3.29. The Morgan fingerprint density at radius 1 is 1.29 bits per heavy atom. The van der Waals surface area contributed by atoms with Crippen molar-refractivity contribution in [2.75, 3.05) is 26.9 Å². The average molecular weight is 301 g/mol. The van der Waals surface area contributed by atoms with Gasteiger partial charge in [0.15, 0.2) is 0 Å². The van der Waals surface area contributed by atoms with E-state index in [-0.39, 0.29) is 6.04 Å². The van der Waals surface area contributed by atoms with Crippen molar-refractivity contribution in [3.8, 4) is 5.75 Å². The first kappa shape index (κ1) is 17.9. The van der Waals surface area contributed by atoms with E-state index in [0.29, 0.717) is 13.0 Å². The van der Waals surface area contributed by atoms with E-state index in [0.717, 1.165) is 29.8 Å². The molecule has 1 N–H and O–H groups in total. The van der Waals surface area contributed by atoms with Gasteiger partial charge in [-0.25, -0.2) is 8.78 Å². The first-order chi connectivity index (χ1) is 10.1. The first-order valence-electron chi connectivity index (χ1n) is 7.32. The van der Waals surface area contributed by atoms with Crippen LogP contribution in [0.4, 0.5) is 8.78 Å². The maximum atomic E-state index is 12.1. The highest BCUT2D eigenvalue weighted by molar-refractivity contribution is 5.36. The van der Waals surface area contributed by atoms with Crippen molar-refractivity contribution in [1.29, 1.82) is 0 Å². The van der Waals surface area contributed by atoms with E-state index in [1.165, 1.54) is 0 Å². The van der Waals surface area contributed by atoms with Crippen LogP contribution in [0.25, 0.3) is 0 Å². The molecular weight excluding hydrogens is 276 g/mol. The van der Waals surface area contributed by atoms with Gasteiger partial charge in [0.2, 0.25) is 0 Å². The topological polar surface area (TPSA) is 30.5 Å². The Morgan fingerprint density at radius 3 is 2.62 bits per heavy atom. The molecule has 0 spiro atoms. The fourth-order valence-electron chi connectivity index (χ4n) is 2.23. The molecule has 0 heterocycles. The molecule has 0 saturated carbocycles. The summed E-state index contributed by atoms with van der Waals surface area (Å²) in [4.78, 5) is 0. The van der Waals surface area contributed by atoms with Crippen LogP contribution in [-0.2, 0) is 4.74 Å². The molecule has 1 unspecified atom stereocenters. The number of hydrogen-bond acceptors (Lipinski definition) is 3. The normalized spacial score (nSPS) is 12.7. The Balaban J connectivity index is 2.67. The maximum Gasteiger partial charge on any atom is 0.261 e. The van der Waals surface area contributed by atoms with Crippen LogP contribution >= 0.6 is 0 Å². The largest absolute Gasteiger partial charge is 0.497 e. The lowest BCUT2D eigenvalue weighted by Gasteiger charge is -2.21. The van der Waals surface area contributed by atoms with Crippen molar-refractivity contribution in [3.63, 3.8) is 0 Å². The lowest BCUT2D eigenvalue weighted by molar-refractivity contribution is 0.0143. The molecule has 1 aromatic carbocycles. The number of halogens is 2. The van der Waals surface area contributed by atoms with Crippen LogP contribution in [0.5, 0.6) is 5.75 Å². The van der Waals surface area contributed by atoms with Gasteiger partial charge in [-0.15, -0.1) is 0 Å². The summed E-state index contributed by atoms with van der Waals surface area (Å²) < 4.78 is 34.4. The summed E-state index contributed by atoms with van der Waals surface area (Å²) in [6, 6.07) is 6.03. The summed E-state index contributed by atoms with van der Waals surface area (Å²) in [5.74, 6) is 0.819. The summed E-state index contributed by atoms with van der Waals surface area (Å²) >= 11 is 0. The summed E-state index contributed by atoms with van der Waals surface area (Å²) in [7, 11) is 1.64. The molecule has 21 heavy (non-hydrogen) atoms. The number of alkyl halides is 2. The van der Waals surface area contributed by atoms with E-state index in [2.05, 4.69) is 12.2 Å². The Kier molecular flexibility index (Phi) is 8.23. The third kappa shape index (κ3) is 6.40. The molecule has 120 valence electrons. The number of methoxy groups -OCH3 is 1. The first-order valence-corrected chi connectivity index (χ1v) is 7.32. The van der Waals surface area contributed by atoms with E-state index in [9.17, 15) is 8.78 Å². The fourth-order valence-corrected chi connectivity index (χ4v) is 2.23. The molecule has 0 aliphatic heterocycles. The highest BCUT2D eigenvalue weighted by Gasteiger charge is 2.14. The Hall–Kier alpha value is -1.20. The Morgan fingerprint density at radius 2 is 2.05 bits per heavy atom. The lowest BCUT2D eigenvalue weighted by atomic mass is 9.98. The SMILES string of the molecule is CCCNC(CCOCC(F)F)c1ccc(OC)cc1C. The molecule has 3 nitrogen and oxygen atoms in total. The molecule has 5 heteroatoms. The highest BCUT2D eigenvalue weighted by Crippen LogP contribution is 2.24. The maximum absolute atomic E-state index is 12.1. The van der Waals surface area contributed by atoms with Gasteiger partial charge < -0.3 is 14.8 Å². The van der Waals surface area contributed by atoms with E-state index in [1.807, 2.05) is 25.1 Å². The molecule has 0 aromatic heterocycles. The van der Waals surface area contributed by atoms with Crippen LogP contribution in [0.1, 0.15) is 36.9 Å². The molecule has 0 aliphatic rings. The molecule has 1 aromatic rings. The summed E-state index contributed by atoms with van der Waals surface area (Å²) in [6.07, 6.45) is -0.724. The van der Waals surface area contributed by atoms with E-state index >= 15 is 0 Å². The van der Waals surface area contributed by atoms with Crippen molar-refractivity contribution < 1.29 is 18.3 Å². The molecule has 0 amide bonds. The average Bonchev–Trinajstić information content (AvgIpc) is 2.46. The smallest absolute Gasteiger partial charge is 0.261 e. The Bertz CT molecular complexity index is 413. The fraction of sp³-hybridized carbons (Fsp3) is 0.625. The molecule has 1 rings (SSSR count). The minimum absolute atomic E-state index is 0.105. The van der Waals surface area contributed by atoms with E-state index < -0.39 is 13.0 Å². The van der Waals surface area contributed by atoms with Gasteiger partial charge in [0.05, 0.1) is 7.11 Å². The molecule has 0 aliphatic carbocycles. The van der Waals surface area contributed by atoms with Crippen LogP contribution < -0.4 is 10.1 Å². The van der Waals surface area contributed by atoms with Gasteiger partial charge in [0.25, 0.3) is 6.43 Å². The van der Waals surface area contributed by atoms with Crippen molar-refractivity contribution in [2.24, 2.45) is 0 Å². The minimum atomic E-state index is -2.41. The Labute approximate surface area is 125 Å². The lowest BCUT2D eigenvalue weighted by Crippen LogP contribution is -2.24. The molecular formula is C16H25F2NO2. The molecule has 0 bridgehead atoms. The molecule has 0 saturated heterocycles. The van der Waals surface area contributed by atoms with Gasteiger partial charge in [-0.05, 0) is 49.6 Å². The number of rotatable bonds is 10. The number of aryl methyl sites for hydroxylation is 1. The van der Waals surface area contributed by atoms with Gasteiger partial charge in [-0.1, -0.05) is 13.0 Å². The quantitative estimate of drug-likeness (QED) is 0.668. The molecule has 0 fully saturated rings. The van der Waals surface area contributed by atoms with Gasteiger partial charge in [0.1, 0.15) is 12.4 Å². The third-order valence-corrected chi connectivity index (χ3v) is 3.29.